The third-order valence-corrected chi connectivity index (χ3v) is 3.77. The van der Waals surface area contributed by atoms with Gasteiger partial charge in [0.25, 0.3) is 0 Å². The number of benzene rings is 1. The maximum Gasteiger partial charge on any atom is 0.224 e. The monoisotopic (exact) mass is 277 g/mol. The van der Waals surface area contributed by atoms with Crippen LogP contribution in [0.5, 0.6) is 0 Å². The molecule has 1 fully saturated rings. The molecule has 0 aliphatic carbocycles. The average molecular weight is 277 g/mol. The van der Waals surface area contributed by atoms with Gasteiger partial charge < -0.3 is 16.0 Å². The summed E-state index contributed by atoms with van der Waals surface area (Å²) in [6.07, 6.45) is 1.94. The molecule has 1 atom stereocenters. The SMILES string of the molecule is CNC(=O)C1CCCN(c2ccccc2C(N)=S)C1. The van der Waals surface area contributed by atoms with Gasteiger partial charge >= 0.3 is 0 Å². The van der Waals surface area contributed by atoms with Crippen molar-refractivity contribution in [1.29, 1.82) is 0 Å². The van der Waals surface area contributed by atoms with Crippen LogP contribution in [0.1, 0.15) is 18.4 Å². The summed E-state index contributed by atoms with van der Waals surface area (Å²) in [5.41, 5.74) is 7.68. The van der Waals surface area contributed by atoms with Crippen LogP contribution in [0, 0.1) is 5.92 Å². The molecule has 3 N–H and O–H groups in total. The van der Waals surface area contributed by atoms with Crippen molar-refractivity contribution in [2.45, 2.75) is 12.8 Å². The number of para-hydroxylation sites is 1. The van der Waals surface area contributed by atoms with Crippen LogP contribution in [-0.4, -0.2) is 31.0 Å². The van der Waals surface area contributed by atoms with Gasteiger partial charge in [-0.25, -0.2) is 0 Å². The number of rotatable bonds is 3. The molecular formula is C14H19N3OS. The summed E-state index contributed by atoms with van der Waals surface area (Å²) in [6, 6.07) is 7.85. The topological polar surface area (TPSA) is 58.4 Å². The number of piperidine rings is 1. The van der Waals surface area contributed by atoms with Gasteiger partial charge in [0.05, 0.1) is 5.92 Å². The van der Waals surface area contributed by atoms with E-state index in [4.69, 9.17) is 18.0 Å². The second-order valence-corrected chi connectivity index (χ2v) is 5.22. The molecule has 1 saturated heterocycles. The van der Waals surface area contributed by atoms with Crippen molar-refractivity contribution < 1.29 is 4.79 Å². The molecule has 0 radical (unpaired) electrons. The van der Waals surface area contributed by atoms with Gasteiger partial charge in [-0.3, -0.25) is 4.79 Å². The minimum Gasteiger partial charge on any atom is -0.389 e. The largest absolute Gasteiger partial charge is 0.389 e. The number of nitrogens with zero attached hydrogens (tertiary/aromatic N) is 1. The van der Waals surface area contributed by atoms with Crippen LogP contribution in [-0.2, 0) is 4.79 Å². The summed E-state index contributed by atoms with van der Waals surface area (Å²) < 4.78 is 0. The highest BCUT2D eigenvalue weighted by atomic mass is 32.1. The maximum atomic E-state index is 11.8. The lowest BCUT2D eigenvalue weighted by Crippen LogP contribution is -2.42. The fraction of sp³-hybridized carbons (Fsp3) is 0.429. The first-order valence-corrected chi connectivity index (χ1v) is 6.89. The summed E-state index contributed by atoms with van der Waals surface area (Å²) in [6.45, 7) is 1.66. The Hall–Kier alpha value is -1.62. The lowest BCUT2D eigenvalue weighted by atomic mass is 9.96. The van der Waals surface area contributed by atoms with Crippen LogP contribution in [0.2, 0.25) is 0 Å². The molecular weight excluding hydrogens is 258 g/mol. The van der Waals surface area contributed by atoms with E-state index >= 15 is 0 Å². The summed E-state index contributed by atoms with van der Waals surface area (Å²) in [5, 5.41) is 2.73. The van der Waals surface area contributed by atoms with Crippen LogP contribution < -0.4 is 16.0 Å². The molecule has 5 heteroatoms. The minimum absolute atomic E-state index is 0.0400. The van der Waals surface area contributed by atoms with E-state index in [2.05, 4.69) is 10.2 Å². The molecule has 1 aromatic rings. The maximum absolute atomic E-state index is 11.8. The third-order valence-electron chi connectivity index (χ3n) is 3.55. The molecule has 0 saturated carbocycles. The van der Waals surface area contributed by atoms with Crippen LogP contribution in [0.15, 0.2) is 24.3 Å². The molecule has 0 spiro atoms. The zero-order valence-electron chi connectivity index (χ0n) is 11.1. The molecule has 1 aliphatic rings. The smallest absolute Gasteiger partial charge is 0.224 e. The predicted octanol–water partition coefficient (Wildman–Crippen LogP) is 1.28. The first-order chi connectivity index (χ1) is 9.13. The molecule has 1 aromatic carbocycles. The van der Waals surface area contributed by atoms with Crippen molar-refractivity contribution in [3.05, 3.63) is 29.8 Å². The number of amides is 1. The van der Waals surface area contributed by atoms with Gasteiger partial charge in [-0.05, 0) is 25.0 Å². The zero-order chi connectivity index (χ0) is 13.8. The Bertz CT molecular complexity index is 489. The average Bonchev–Trinajstić information content (AvgIpc) is 2.46. The highest BCUT2D eigenvalue weighted by Crippen LogP contribution is 2.26. The number of hydrogen-bond donors (Lipinski definition) is 2. The van der Waals surface area contributed by atoms with E-state index < -0.39 is 0 Å². The lowest BCUT2D eigenvalue weighted by molar-refractivity contribution is -0.124. The summed E-state index contributed by atoms with van der Waals surface area (Å²) in [4.78, 5) is 14.4. The van der Waals surface area contributed by atoms with Crippen LogP contribution in [0.4, 0.5) is 5.69 Å². The first-order valence-electron chi connectivity index (χ1n) is 6.49. The van der Waals surface area contributed by atoms with E-state index in [1.807, 2.05) is 24.3 Å². The standard InChI is InChI=1S/C14H19N3OS/c1-16-14(18)10-5-4-8-17(9-10)12-7-3-2-6-11(12)13(15)19/h2-3,6-7,10H,4-5,8-9H2,1H3,(H2,15,19)(H,16,18). The van der Waals surface area contributed by atoms with Crippen molar-refractivity contribution >= 4 is 28.8 Å². The summed E-state index contributed by atoms with van der Waals surface area (Å²) in [7, 11) is 1.68. The summed E-state index contributed by atoms with van der Waals surface area (Å²) >= 11 is 5.09. The van der Waals surface area contributed by atoms with Gasteiger partial charge in [-0.15, -0.1) is 0 Å². The van der Waals surface area contributed by atoms with Gasteiger partial charge in [-0.2, -0.15) is 0 Å². The Morgan fingerprint density at radius 3 is 2.89 bits per heavy atom. The molecule has 0 bridgehead atoms. The molecule has 1 heterocycles. The van der Waals surface area contributed by atoms with Crippen molar-refractivity contribution in [2.24, 2.45) is 11.7 Å². The molecule has 2 rings (SSSR count). The number of nitrogens with two attached hydrogens (primary N) is 1. The van der Waals surface area contributed by atoms with E-state index in [-0.39, 0.29) is 11.8 Å². The number of anilines is 1. The number of carbonyl (C=O) groups excluding carboxylic acids is 1. The quantitative estimate of drug-likeness (QED) is 0.817. The predicted molar refractivity (Wildman–Crippen MR) is 81.3 cm³/mol. The van der Waals surface area contributed by atoms with Gasteiger partial charge in [0, 0.05) is 31.4 Å². The number of hydrogen-bond acceptors (Lipinski definition) is 3. The lowest BCUT2D eigenvalue weighted by Gasteiger charge is -2.34. The molecule has 1 unspecified atom stereocenters. The number of thiocarbonyl (C=S) groups is 1. The van der Waals surface area contributed by atoms with E-state index in [1.165, 1.54) is 0 Å². The highest BCUT2D eigenvalue weighted by Gasteiger charge is 2.26. The Kier molecular flexibility index (Phi) is 4.37. The molecule has 1 aliphatic heterocycles. The fourth-order valence-corrected chi connectivity index (χ4v) is 2.74. The molecule has 19 heavy (non-hydrogen) atoms. The highest BCUT2D eigenvalue weighted by molar-refractivity contribution is 7.80. The van der Waals surface area contributed by atoms with E-state index in [9.17, 15) is 4.79 Å². The van der Waals surface area contributed by atoms with Crippen LogP contribution >= 0.6 is 12.2 Å². The van der Waals surface area contributed by atoms with Gasteiger partial charge in [0.1, 0.15) is 4.99 Å². The minimum atomic E-state index is 0.0400. The van der Waals surface area contributed by atoms with Crippen molar-refractivity contribution in [1.82, 2.24) is 5.32 Å². The van der Waals surface area contributed by atoms with E-state index in [0.29, 0.717) is 4.99 Å². The Balaban J connectivity index is 2.22. The second-order valence-electron chi connectivity index (χ2n) is 4.78. The van der Waals surface area contributed by atoms with Gasteiger partial charge in [-0.1, -0.05) is 24.4 Å². The second kappa shape index (κ2) is 6.02. The zero-order valence-corrected chi connectivity index (χ0v) is 11.9. The van der Waals surface area contributed by atoms with Gasteiger partial charge in [0.15, 0.2) is 0 Å². The normalized spacial score (nSPS) is 19.0. The summed E-state index contributed by atoms with van der Waals surface area (Å²) in [5.74, 6) is 0.149. The van der Waals surface area contributed by atoms with E-state index in [1.54, 1.807) is 7.05 Å². The molecule has 0 aromatic heterocycles. The first kappa shape index (κ1) is 13.8. The number of nitrogens with one attached hydrogen (secondary N) is 1. The molecule has 102 valence electrons. The van der Waals surface area contributed by atoms with Crippen molar-refractivity contribution in [2.75, 3.05) is 25.0 Å². The van der Waals surface area contributed by atoms with Crippen molar-refractivity contribution in [3.63, 3.8) is 0 Å². The number of carbonyl (C=O) groups is 1. The Morgan fingerprint density at radius 2 is 2.21 bits per heavy atom. The Labute approximate surface area is 119 Å². The van der Waals surface area contributed by atoms with Crippen molar-refractivity contribution in [3.8, 4) is 0 Å². The van der Waals surface area contributed by atoms with E-state index in [0.717, 1.165) is 37.2 Å². The fourth-order valence-electron chi connectivity index (χ4n) is 2.57. The van der Waals surface area contributed by atoms with Crippen LogP contribution in [0.3, 0.4) is 0 Å². The molecule has 1 amide bonds. The third kappa shape index (κ3) is 3.04. The Morgan fingerprint density at radius 1 is 1.47 bits per heavy atom. The molecule has 4 nitrogen and oxygen atoms in total. The van der Waals surface area contributed by atoms with Crippen LogP contribution in [0.25, 0.3) is 0 Å². The van der Waals surface area contributed by atoms with Gasteiger partial charge in [0.2, 0.25) is 5.91 Å².